The molecule has 2 aromatic rings. The van der Waals surface area contributed by atoms with E-state index in [1.165, 1.54) is 27.8 Å². The van der Waals surface area contributed by atoms with E-state index in [1.54, 1.807) is 0 Å². The molecule has 0 saturated heterocycles. The Morgan fingerprint density at radius 2 is 1.68 bits per heavy atom. The molecule has 1 aliphatic rings. The number of hydrogen-bond donors (Lipinski definition) is 0. The molecule has 0 heterocycles. The Labute approximate surface area is 126 Å². The predicted octanol–water partition coefficient (Wildman–Crippen LogP) is 5.74. The molecule has 2 aromatic carbocycles. The summed E-state index contributed by atoms with van der Waals surface area (Å²) in [4.78, 5) is 0. The molecule has 0 aromatic heterocycles. The standard InChI is InChI=1S/C16H13.2ClH.Cr/c1-12-10-14-8-5-9-15(16(14)11-12)13-6-3-2-4-7-13;;;/h2-11H,1H3;2*1H;/q;;;+2/p-2. The molecule has 19 heavy (non-hydrogen) atoms. The molecule has 1 atom stereocenters. The fraction of sp³-hybridized carbons (Fsp3) is 0.125. The van der Waals surface area contributed by atoms with Crippen LogP contribution in [0.25, 0.3) is 17.2 Å². The van der Waals surface area contributed by atoms with Gasteiger partial charge in [0.15, 0.2) is 0 Å². The predicted molar refractivity (Wildman–Crippen MR) is 80.0 cm³/mol. The summed E-state index contributed by atoms with van der Waals surface area (Å²) in [7, 11) is 12.5. The van der Waals surface area contributed by atoms with Gasteiger partial charge in [0.25, 0.3) is 0 Å². The van der Waals surface area contributed by atoms with E-state index >= 15 is 0 Å². The molecule has 0 radical (unpaired) electrons. The summed E-state index contributed by atoms with van der Waals surface area (Å²) in [6.45, 7) is 2.13. The zero-order chi connectivity index (χ0) is 13.4. The van der Waals surface area contributed by atoms with Gasteiger partial charge in [-0.2, -0.15) is 0 Å². The van der Waals surface area contributed by atoms with Crippen molar-refractivity contribution in [2.45, 2.75) is 11.7 Å². The zero-order valence-electron chi connectivity index (χ0n) is 10.4. The van der Waals surface area contributed by atoms with E-state index in [2.05, 4.69) is 55.5 Å². The first-order valence-electron chi connectivity index (χ1n) is 6.10. The van der Waals surface area contributed by atoms with E-state index in [9.17, 15) is 0 Å². The van der Waals surface area contributed by atoms with Crippen molar-refractivity contribution >= 4 is 26.2 Å². The first kappa shape index (κ1) is 13.3. The van der Waals surface area contributed by atoms with Crippen LogP contribution in [0, 0.1) is 0 Å². The van der Waals surface area contributed by atoms with E-state index < -0.39 is 12.3 Å². The van der Waals surface area contributed by atoms with Gasteiger partial charge in [0, 0.05) is 0 Å². The van der Waals surface area contributed by atoms with Gasteiger partial charge in [0.2, 0.25) is 0 Å². The van der Waals surface area contributed by atoms with Crippen LogP contribution in [0.2, 0.25) is 0 Å². The van der Waals surface area contributed by atoms with Gasteiger partial charge in [0.05, 0.1) is 0 Å². The molecule has 0 fully saturated rings. The average molecular weight is 328 g/mol. The SMILES string of the molecule is CC1=Cc2c(-c3ccccc3)cccc2[CH]1[Cr]([Cl])[Cl]. The minimum atomic E-state index is -1.62. The van der Waals surface area contributed by atoms with Gasteiger partial charge in [-0.05, 0) is 0 Å². The third kappa shape index (κ3) is 2.37. The Bertz CT molecular complexity index is 632. The van der Waals surface area contributed by atoms with Gasteiger partial charge in [-0.25, -0.2) is 0 Å². The topological polar surface area (TPSA) is 0 Å². The number of benzene rings is 2. The zero-order valence-corrected chi connectivity index (χ0v) is 13.2. The second-order valence-corrected chi connectivity index (χ2v) is 9.55. The van der Waals surface area contributed by atoms with Crippen LogP contribution in [0.4, 0.5) is 0 Å². The van der Waals surface area contributed by atoms with E-state index in [4.69, 9.17) is 20.1 Å². The number of rotatable bonds is 2. The summed E-state index contributed by atoms with van der Waals surface area (Å²) < 4.78 is 0.238. The van der Waals surface area contributed by atoms with E-state index in [0.29, 0.717) is 0 Å². The van der Waals surface area contributed by atoms with Crippen LogP contribution in [0.15, 0.2) is 54.1 Å². The van der Waals surface area contributed by atoms with Gasteiger partial charge in [0.1, 0.15) is 0 Å². The number of halogens is 2. The molecule has 0 spiro atoms. The van der Waals surface area contributed by atoms with E-state index in [1.807, 2.05) is 6.07 Å². The Hall–Kier alpha value is -0.708. The molecule has 0 aliphatic heterocycles. The van der Waals surface area contributed by atoms with Crippen molar-refractivity contribution in [2.24, 2.45) is 0 Å². The molecule has 0 saturated carbocycles. The van der Waals surface area contributed by atoms with Crippen LogP contribution >= 0.6 is 20.1 Å². The molecular weight excluding hydrogens is 315 g/mol. The molecule has 3 rings (SSSR count). The maximum atomic E-state index is 6.25. The molecular formula is C16H13Cl2Cr. The van der Waals surface area contributed by atoms with Gasteiger partial charge >= 0.3 is 127 Å². The molecule has 97 valence electrons. The van der Waals surface area contributed by atoms with E-state index in [-0.39, 0.29) is 4.78 Å². The summed E-state index contributed by atoms with van der Waals surface area (Å²) in [5, 5.41) is 0. The Morgan fingerprint density at radius 3 is 2.37 bits per heavy atom. The molecule has 1 aliphatic carbocycles. The molecule has 3 heteroatoms. The second kappa shape index (κ2) is 5.35. The van der Waals surface area contributed by atoms with Gasteiger partial charge in [-0.15, -0.1) is 0 Å². The van der Waals surface area contributed by atoms with Crippen molar-refractivity contribution in [3.63, 3.8) is 0 Å². The molecule has 0 bridgehead atoms. The first-order valence-corrected chi connectivity index (χ1v) is 10.3. The number of allylic oxidation sites excluding steroid dienone is 1. The van der Waals surface area contributed by atoms with Crippen molar-refractivity contribution in [1.29, 1.82) is 0 Å². The summed E-state index contributed by atoms with van der Waals surface area (Å²) in [5.74, 6) is 0. The van der Waals surface area contributed by atoms with Gasteiger partial charge in [-0.1, -0.05) is 0 Å². The second-order valence-electron chi connectivity index (χ2n) is 4.68. The van der Waals surface area contributed by atoms with Crippen molar-refractivity contribution in [3.05, 3.63) is 65.2 Å². The summed E-state index contributed by atoms with van der Waals surface area (Å²) in [6.07, 6.45) is 2.24. The quantitative estimate of drug-likeness (QED) is 0.660. The molecule has 0 nitrogen and oxygen atoms in total. The number of fused-ring (bicyclic) bond motifs is 1. The molecule has 0 amide bonds. The summed E-state index contributed by atoms with van der Waals surface area (Å²) in [6, 6.07) is 16.9. The Morgan fingerprint density at radius 1 is 0.947 bits per heavy atom. The molecule has 0 N–H and O–H groups in total. The van der Waals surface area contributed by atoms with Gasteiger partial charge in [-0.3, -0.25) is 0 Å². The fourth-order valence-corrected chi connectivity index (χ4v) is 5.74. The van der Waals surface area contributed by atoms with Gasteiger partial charge < -0.3 is 0 Å². The van der Waals surface area contributed by atoms with Crippen molar-refractivity contribution in [2.75, 3.05) is 0 Å². The van der Waals surface area contributed by atoms with Crippen LogP contribution in [0.3, 0.4) is 0 Å². The van der Waals surface area contributed by atoms with Crippen LogP contribution in [-0.2, 0) is 12.3 Å². The third-order valence-corrected chi connectivity index (χ3v) is 6.47. The van der Waals surface area contributed by atoms with Crippen molar-refractivity contribution < 1.29 is 12.3 Å². The van der Waals surface area contributed by atoms with Crippen LogP contribution in [-0.4, -0.2) is 0 Å². The van der Waals surface area contributed by atoms with Crippen LogP contribution in [0.1, 0.15) is 22.8 Å². The van der Waals surface area contributed by atoms with E-state index in [0.717, 1.165) is 0 Å². The number of hydrogen-bond acceptors (Lipinski definition) is 0. The average Bonchev–Trinajstić information content (AvgIpc) is 2.75. The molecule has 1 unspecified atom stereocenters. The minimum absolute atomic E-state index is 0.238. The third-order valence-electron chi connectivity index (χ3n) is 3.47. The van der Waals surface area contributed by atoms with Crippen LogP contribution in [0.5, 0.6) is 0 Å². The summed E-state index contributed by atoms with van der Waals surface area (Å²) in [5.41, 5.74) is 6.36. The van der Waals surface area contributed by atoms with Crippen molar-refractivity contribution in [1.82, 2.24) is 0 Å². The van der Waals surface area contributed by atoms with Crippen LogP contribution < -0.4 is 0 Å². The Kier molecular flexibility index (Phi) is 3.74. The first-order chi connectivity index (χ1) is 9.18. The fourth-order valence-electron chi connectivity index (χ4n) is 2.63. The summed E-state index contributed by atoms with van der Waals surface area (Å²) >= 11 is -1.62. The van der Waals surface area contributed by atoms with Crippen molar-refractivity contribution in [3.8, 4) is 11.1 Å². The normalized spacial score (nSPS) is 17.5. The Balaban J connectivity index is 2.17. The maximum absolute atomic E-state index is 6.25. The monoisotopic (exact) mass is 327 g/mol.